The van der Waals surface area contributed by atoms with Gasteiger partial charge in [0.2, 0.25) is 0 Å². The minimum Gasteiger partial charge on any atom is -0.496 e. The number of likely N-dealkylation sites (N-methyl/N-ethyl adjacent to an activating group) is 1. The lowest BCUT2D eigenvalue weighted by Gasteiger charge is -2.31. The van der Waals surface area contributed by atoms with Crippen LogP contribution in [0.15, 0.2) is 11.8 Å². The van der Waals surface area contributed by atoms with E-state index in [9.17, 15) is 0 Å². The van der Waals surface area contributed by atoms with Gasteiger partial charge < -0.3 is 10.1 Å². The van der Waals surface area contributed by atoms with Crippen molar-refractivity contribution in [2.75, 3.05) is 13.2 Å². The highest BCUT2D eigenvalue weighted by Gasteiger charge is 2.44. The molecule has 0 radical (unpaired) electrons. The van der Waals surface area contributed by atoms with Gasteiger partial charge in [-0.25, -0.2) is 0 Å². The summed E-state index contributed by atoms with van der Waals surface area (Å²) in [5, 5.41) is 3.66. The Hall–Kier alpha value is -0.500. The van der Waals surface area contributed by atoms with Gasteiger partial charge in [-0.3, -0.25) is 0 Å². The molecule has 2 saturated carbocycles. The smallest absolute Gasteiger partial charge is 0.109 e. The summed E-state index contributed by atoms with van der Waals surface area (Å²) in [5.74, 6) is 4.10. The lowest BCUT2D eigenvalue weighted by molar-refractivity contribution is 0.169. The first-order valence-corrected chi connectivity index (χ1v) is 6.94. The van der Waals surface area contributed by atoms with Gasteiger partial charge in [0.1, 0.15) is 5.76 Å². The lowest BCUT2D eigenvalue weighted by Crippen LogP contribution is -2.40. The molecule has 1 heterocycles. The van der Waals surface area contributed by atoms with E-state index in [4.69, 9.17) is 4.74 Å². The minimum absolute atomic E-state index is 0.516. The molecule has 0 spiro atoms. The maximum atomic E-state index is 5.79. The fraction of sp³-hybridized carbons (Fsp3) is 0.857. The van der Waals surface area contributed by atoms with Gasteiger partial charge in [0, 0.05) is 6.42 Å². The normalized spacial score (nSPS) is 38.6. The predicted octanol–water partition coefficient (Wildman–Crippen LogP) is 2.70. The first-order valence-electron chi connectivity index (χ1n) is 6.94. The molecular formula is C14H23NO. The molecule has 0 saturated heterocycles. The van der Waals surface area contributed by atoms with Gasteiger partial charge in [-0.15, -0.1) is 0 Å². The third-order valence-corrected chi connectivity index (χ3v) is 4.68. The number of rotatable bonds is 4. The Kier molecular flexibility index (Phi) is 2.93. The molecule has 4 unspecified atom stereocenters. The number of fused-ring (bicyclic) bond motifs is 2. The number of ether oxygens (including phenoxy) is 1. The molecule has 4 atom stereocenters. The molecule has 0 aromatic carbocycles. The van der Waals surface area contributed by atoms with Crippen LogP contribution >= 0.6 is 0 Å². The summed E-state index contributed by atoms with van der Waals surface area (Å²) in [4.78, 5) is 0. The quantitative estimate of drug-likeness (QED) is 0.788. The van der Waals surface area contributed by atoms with Crippen LogP contribution in [-0.2, 0) is 4.74 Å². The first-order chi connectivity index (χ1) is 7.88. The third-order valence-electron chi connectivity index (χ3n) is 4.68. The van der Waals surface area contributed by atoms with E-state index >= 15 is 0 Å². The summed E-state index contributed by atoms with van der Waals surface area (Å²) in [5.41, 5.74) is 0. The van der Waals surface area contributed by atoms with Crippen molar-refractivity contribution in [1.82, 2.24) is 5.32 Å². The number of nitrogens with one attached hydrogen (secondary N) is 1. The van der Waals surface area contributed by atoms with Crippen molar-refractivity contribution in [2.45, 2.75) is 45.1 Å². The molecule has 0 aromatic heterocycles. The van der Waals surface area contributed by atoms with E-state index in [2.05, 4.69) is 18.3 Å². The van der Waals surface area contributed by atoms with Gasteiger partial charge in [0.25, 0.3) is 0 Å². The first kappa shape index (κ1) is 10.6. The number of hydrogen-bond donors (Lipinski definition) is 1. The molecule has 0 aromatic rings. The van der Waals surface area contributed by atoms with E-state index in [-0.39, 0.29) is 0 Å². The summed E-state index contributed by atoms with van der Waals surface area (Å²) in [6.07, 6.45) is 9.28. The standard InChI is InChI=1S/C14H23NO/c1-2-15-14(13-4-3-7-16-13)12-9-10-5-6-11(12)8-10/h4,10-12,14-15H,2-3,5-9H2,1H3. The summed E-state index contributed by atoms with van der Waals surface area (Å²) in [6.45, 7) is 4.16. The van der Waals surface area contributed by atoms with Crippen LogP contribution in [-0.4, -0.2) is 19.2 Å². The third kappa shape index (κ3) is 1.77. The van der Waals surface area contributed by atoms with Crippen molar-refractivity contribution >= 4 is 0 Å². The fourth-order valence-electron chi connectivity index (χ4n) is 4.04. The van der Waals surface area contributed by atoms with Crippen LogP contribution in [0.3, 0.4) is 0 Å². The average Bonchev–Trinajstić information content (AvgIpc) is 3.01. The molecule has 3 aliphatic rings. The van der Waals surface area contributed by atoms with Crippen LogP contribution in [0.1, 0.15) is 39.0 Å². The van der Waals surface area contributed by atoms with E-state index < -0.39 is 0 Å². The topological polar surface area (TPSA) is 21.3 Å². The Labute approximate surface area is 98.4 Å². The molecule has 2 heteroatoms. The van der Waals surface area contributed by atoms with Crippen LogP contribution < -0.4 is 5.32 Å². The number of hydrogen-bond acceptors (Lipinski definition) is 2. The Morgan fingerprint density at radius 3 is 2.94 bits per heavy atom. The largest absolute Gasteiger partial charge is 0.496 e. The molecule has 1 aliphatic heterocycles. The molecule has 2 aliphatic carbocycles. The van der Waals surface area contributed by atoms with Crippen LogP contribution in [0, 0.1) is 17.8 Å². The van der Waals surface area contributed by atoms with E-state index in [1.54, 1.807) is 0 Å². The Bertz CT molecular complexity index is 286. The Morgan fingerprint density at radius 1 is 1.44 bits per heavy atom. The predicted molar refractivity (Wildman–Crippen MR) is 65.1 cm³/mol. The van der Waals surface area contributed by atoms with Crippen LogP contribution in [0.25, 0.3) is 0 Å². The zero-order valence-electron chi connectivity index (χ0n) is 10.2. The molecule has 2 fully saturated rings. The average molecular weight is 221 g/mol. The maximum Gasteiger partial charge on any atom is 0.109 e. The zero-order chi connectivity index (χ0) is 11.0. The van der Waals surface area contributed by atoms with Crippen LogP contribution in [0.4, 0.5) is 0 Å². The van der Waals surface area contributed by atoms with Crippen molar-refractivity contribution in [3.8, 4) is 0 Å². The van der Waals surface area contributed by atoms with E-state index in [1.807, 2.05) is 0 Å². The monoisotopic (exact) mass is 221 g/mol. The highest BCUT2D eigenvalue weighted by molar-refractivity contribution is 5.12. The van der Waals surface area contributed by atoms with Crippen molar-refractivity contribution < 1.29 is 4.74 Å². The summed E-state index contributed by atoms with van der Waals surface area (Å²) < 4.78 is 5.79. The molecule has 3 rings (SSSR count). The summed E-state index contributed by atoms with van der Waals surface area (Å²) in [6, 6.07) is 0.516. The van der Waals surface area contributed by atoms with Gasteiger partial charge >= 0.3 is 0 Å². The molecule has 1 N–H and O–H groups in total. The van der Waals surface area contributed by atoms with E-state index in [0.29, 0.717) is 6.04 Å². The second-order valence-corrected chi connectivity index (χ2v) is 5.62. The molecule has 2 nitrogen and oxygen atoms in total. The van der Waals surface area contributed by atoms with Gasteiger partial charge in [-0.2, -0.15) is 0 Å². The van der Waals surface area contributed by atoms with Crippen LogP contribution in [0.2, 0.25) is 0 Å². The van der Waals surface area contributed by atoms with Gasteiger partial charge in [0.05, 0.1) is 12.6 Å². The van der Waals surface area contributed by atoms with Crippen molar-refractivity contribution in [2.24, 2.45) is 17.8 Å². The van der Waals surface area contributed by atoms with E-state index in [0.717, 1.165) is 37.3 Å². The van der Waals surface area contributed by atoms with E-state index in [1.165, 1.54) is 31.4 Å². The summed E-state index contributed by atoms with van der Waals surface area (Å²) >= 11 is 0. The van der Waals surface area contributed by atoms with Crippen molar-refractivity contribution in [3.05, 3.63) is 11.8 Å². The molecular weight excluding hydrogens is 198 g/mol. The van der Waals surface area contributed by atoms with Crippen molar-refractivity contribution in [3.63, 3.8) is 0 Å². The van der Waals surface area contributed by atoms with Gasteiger partial charge in [0.15, 0.2) is 0 Å². The highest BCUT2D eigenvalue weighted by Crippen LogP contribution is 2.50. The Balaban J connectivity index is 1.72. The van der Waals surface area contributed by atoms with Gasteiger partial charge in [-0.05, 0) is 49.6 Å². The molecule has 90 valence electrons. The fourth-order valence-corrected chi connectivity index (χ4v) is 4.04. The second-order valence-electron chi connectivity index (χ2n) is 5.62. The zero-order valence-corrected chi connectivity index (χ0v) is 10.2. The second kappa shape index (κ2) is 4.40. The van der Waals surface area contributed by atoms with Crippen molar-refractivity contribution in [1.29, 1.82) is 0 Å². The molecule has 16 heavy (non-hydrogen) atoms. The minimum atomic E-state index is 0.516. The summed E-state index contributed by atoms with van der Waals surface area (Å²) in [7, 11) is 0. The Morgan fingerprint density at radius 2 is 2.38 bits per heavy atom. The van der Waals surface area contributed by atoms with Gasteiger partial charge in [-0.1, -0.05) is 13.3 Å². The SMILES string of the molecule is CCNC(C1=CCCO1)C1CC2CCC1C2. The maximum absolute atomic E-state index is 5.79. The lowest BCUT2D eigenvalue weighted by atomic mass is 9.82. The van der Waals surface area contributed by atoms with Crippen LogP contribution in [0.5, 0.6) is 0 Å². The highest BCUT2D eigenvalue weighted by atomic mass is 16.5. The molecule has 2 bridgehead atoms. The molecule has 0 amide bonds.